The summed E-state index contributed by atoms with van der Waals surface area (Å²) in [6.07, 6.45) is 3.51. The van der Waals surface area contributed by atoms with E-state index in [0.717, 1.165) is 28.5 Å². The second-order valence-electron chi connectivity index (χ2n) is 5.36. The Kier molecular flexibility index (Phi) is 3.55. The van der Waals surface area contributed by atoms with Gasteiger partial charge in [0.2, 0.25) is 0 Å². The zero-order valence-electron chi connectivity index (χ0n) is 12.8. The molecular weight excluding hydrogens is 276 g/mol. The molecule has 0 unspecified atom stereocenters. The molecule has 112 valence electrons. The lowest BCUT2D eigenvalue weighted by molar-refractivity contribution is 0.102. The fraction of sp³-hybridized carbons (Fsp3) is 0.176. The van der Waals surface area contributed by atoms with Crippen LogP contribution >= 0.6 is 0 Å². The Morgan fingerprint density at radius 2 is 1.91 bits per heavy atom. The highest BCUT2D eigenvalue weighted by Crippen LogP contribution is 2.17. The summed E-state index contributed by atoms with van der Waals surface area (Å²) >= 11 is 0. The van der Waals surface area contributed by atoms with Gasteiger partial charge in [-0.15, -0.1) is 0 Å². The van der Waals surface area contributed by atoms with Gasteiger partial charge >= 0.3 is 0 Å². The van der Waals surface area contributed by atoms with E-state index in [1.807, 2.05) is 55.7 Å². The monoisotopic (exact) mass is 294 g/mol. The Labute approximate surface area is 129 Å². The summed E-state index contributed by atoms with van der Waals surface area (Å²) in [6.45, 7) is 5.94. The van der Waals surface area contributed by atoms with Crippen molar-refractivity contribution in [2.45, 2.75) is 20.8 Å². The van der Waals surface area contributed by atoms with Gasteiger partial charge in [0.15, 0.2) is 0 Å². The van der Waals surface area contributed by atoms with Gasteiger partial charge < -0.3 is 14.9 Å². The lowest BCUT2D eigenvalue weighted by Crippen LogP contribution is -2.10. The number of nitrogens with one attached hydrogen (secondary N) is 2. The number of aromatic amines is 1. The molecule has 0 fully saturated rings. The van der Waals surface area contributed by atoms with Crippen molar-refractivity contribution in [3.8, 4) is 5.69 Å². The molecule has 0 bridgehead atoms. The van der Waals surface area contributed by atoms with E-state index in [1.165, 1.54) is 0 Å². The normalized spacial score (nSPS) is 10.7. The summed E-state index contributed by atoms with van der Waals surface area (Å²) in [5, 5.41) is 2.89. The maximum atomic E-state index is 12.1. The van der Waals surface area contributed by atoms with Gasteiger partial charge in [0.25, 0.3) is 5.91 Å². The predicted octanol–water partition coefficient (Wildman–Crippen LogP) is 3.38. The molecule has 3 rings (SSSR count). The summed E-state index contributed by atoms with van der Waals surface area (Å²) in [5.74, 6) is -0.119. The summed E-state index contributed by atoms with van der Waals surface area (Å²) in [5.41, 5.74) is 5.50. The zero-order chi connectivity index (χ0) is 15.7. The average molecular weight is 294 g/mol. The van der Waals surface area contributed by atoms with Crippen molar-refractivity contribution in [3.05, 3.63) is 65.5 Å². The molecule has 2 N–H and O–H groups in total. The number of nitrogens with zero attached hydrogens (tertiary/aromatic N) is 2. The van der Waals surface area contributed by atoms with Crippen LogP contribution in [-0.2, 0) is 0 Å². The first-order valence-electron chi connectivity index (χ1n) is 7.12. The number of carbonyl (C=O) groups is 1. The number of rotatable bonds is 3. The number of hydrogen-bond acceptors (Lipinski definition) is 2. The van der Waals surface area contributed by atoms with Crippen LogP contribution in [0.3, 0.4) is 0 Å². The second-order valence-corrected chi connectivity index (χ2v) is 5.36. The average Bonchev–Trinajstić information content (AvgIpc) is 3.08. The largest absolute Gasteiger partial charge is 0.364 e. The number of benzene rings is 1. The first kappa shape index (κ1) is 14.1. The van der Waals surface area contributed by atoms with Crippen LogP contribution in [-0.4, -0.2) is 20.4 Å². The first-order valence-corrected chi connectivity index (χ1v) is 7.12. The maximum Gasteiger partial charge on any atom is 0.257 e. The molecule has 0 atom stereocenters. The lowest BCUT2D eigenvalue weighted by atomic mass is 10.2. The number of imidazole rings is 1. The topological polar surface area (TPSA) is 62.7 Å². The van der Waals surface area contributed by atoms with Crippen LogP contribution in [0.15, 0.2) is 42.9 Å². The summed E-state index contributed by atoms with van der Waals surface area (Å²) < 4.78 is 2.02. The molecule has 1 aromatic carbocycles. The van der Waals surface area contributed by atoms with Gasteiger partial charge in [-0.05, 0) is 51.1 Å². The molecule has 0 radical (unpaired) electrons. The fourth-order valence-corrected chi connectivity index (χ4v) is 2.31. The third kappa shape index (κ3) is 2.65. The smallest absolute Gasteiger partial charge is 0.257 e. The fourth-order valence-electron chi connectivity index (χ4n) is 2.31. The third-order valence-corrected chi connectivity index (χ3v) is 3.74. The zero-order valence-corrected chi connectivity index (χ0v) is 12.8. The number of hydrogen-bond donors (Lipinski definition) is 2. The molecule has 0 aliphatic heterocycles. The molecule has 5 heteroatoms. The SMILES string of the molecule is Cc1cc(C(=O)Nc2ccc(-n3cnc(C)c3C)cc2)c[nH]1. The molecule has 0 aliphatic rings. The number of aromatic nitrogens is 3. The summed E-state index contributed by atoms with van der Waals surface area (Å²) in [6, 6.07) is 9.53. The molecule has 1 amide bonds. The van der Waals surface area contributed by atoms with E-state index in [-0.39, 0.29) is 5.91 Å². The van der Waals surface area contributed by atoms with Crippen LogP contribution in [0.4, 0.5) is 5.69 Å². The van der Waals surface area contributed by atoms with Crippen LogP contribution < -0.4 is 5.32 Å². The van der Waals surface area contributed by atoms with Gasteiger partial charge in [-0.2, -0.15) is 0 Å². The quantitative estimate of drug-likeness (QED) is 0.778. The van der Waals surface area contributed by atoms with Gasteiger partial charge in [-0.1, -0.05) is 0 Å². The van der Waals surface area contributed by atoms with Gasteiger partial charge in [-0.3, -0.25) is 4.79 Å². The Bertz CT molecular complexity index is 812. The molecule has 2 heterocycles. The number of carbonyl (C=O) groups excluding carboxylic acids is 1. The van der Waals surface area contributed by atoms with Crippen LogP contribution in [0.1, 0.15) is 27.4 Å². The van der Waals surface area contributed by atoms with Gasteiger partial charge in [0.05, 0.1) is 17.6 Å². The molecule has 0 saturated carbocycles. The van der Waals surface area contributed by atoms with E-state index >= 15 is 0 Å². The van der Waals surface area contributed by atoms with Gasteiger partial charge in [0, 0.05) is 29.0 Å². The van der Waals surface area contributed by atoms with Crippen LogP contribution in [0.2, 0.25) is 0 Å². The van der Waals surface area contributed by atoms with Crippen LogP contribution in [0, 0.1) is 20.8 Å². The molecule has 0 spiro atoms. The number of anilines is 1. The van der Waals surface area contributed by atoms with Crippen molar-refractivity contribution >= 4 is 11.6 Å². The minimum absolute atomic E-state index is 0.119. The van der Waals surface area contributed by atoms with E-state index in [1.54, 1.807) is 12.5 Å². The van der Waals surface area contributed by atoms with Crippen LogP contribution in [0.25, 0.3) is 5.69 Å². The van der Waals surface area contributed by atoms with E-state index < -0.39 is 0 Å². The Morgan fingerprint density at radius 1 is 1.18 bits per heavy atom. The van der Waals surface area contributed by atoms with Gasteiger partial charge in [0.1, 0.15) is 0 Å². The molecule has 2 aromatic heterocycles. The maximum absolute atomic E-state index is 12.1. The Hall–Kier alpha value is -2.82. The van der Waals surface area contributed by atoms with Gasteiger partial charge in [-0.25, -0.2) is 4.98 Å². The van der Waals surface area contributed by atoms with Crippen molar-refractivity contribution in [3.63, 3.8) is 0 Å². The van der Waals surface area contributed by atoms with Crippen LogP contribution in [0.5, 0.6) is 0 Å². The standard InChI is InChI=1S/C17H18N4O/c1-11-8-14(9-18-11)17(22)20-15-4-6-16(7-5-15)21-10-19-12(2)13(21)3/h4-10,18H,1-3H3,(H,20,22). The minimum Gasteiger partial charge on any atom is -0.364 e. The van der Waals surface area contributed by atoms with Crippen molar-refractivity contribution in [1.82, 2.24) is 14.5 Å². The van der Waals surface area contributed by atoms with E-state index in [2.05, 4.69) is 15.3 Å². The highest BCUT2D eigenvalue weighted by Gasteiger charge is 2.08. The first-order chi connectivity index (χ1) is 10.5. The second kappa shape index (κ2) is 5.52. The Morgan fingerprint density at radius 3 is 2.45 bits per heavy atom. The highest BCUT2D eigenvalue weighted by molar-refractivity contribution is 6.04. The molecule has 0 saturated heterocycles. The van der Waals surface area contributed by atoms with E-state index in [0.29, 0.717) is 5.56 Å². The lowest BCUT2D eigenvalue weighted by Gasteiger charge is -2.08. The molecule has 5 nitrogen and oxygen atoms in total. The number of aryl methyl sites for hydroxylation is 2. The molecule has 0 aliphatic carbocycles. The predicted molar refractivity (Wildman–Crippen MR) is 86.5 cm³/mol. The third-order valence-electron chi connectivity index (χ3n) is 3.74. The minimum atomic E-state index is -0.119. The summed E-state index contributed by atoms with van der Waals surface area (Å²) in [4.78, 5) is 19.4. The van der Waals surface area contributed by atoms with Crippen molar-refractivity contribution < 1.29 is 4.79 Å². The molecule has 22 heavy (non-hydrogen) atoms. The molecule has 3 aromatic rings. The van der Waals surface area contributed by atoms with Crippen molar-refractivity contribution in [2.24, 2.45) is 0 Å². The Balaban J connectivity index is 1.77. The van der Waals surface area contributed by atoms with Crippen molar-refractivity contribution in [1.29, 1.82) is 0 Å². The van der Waals surface area contributed by atoms with E-state index in [4.69, 9.17) is 0 Å². The summed E-state index contributed by atoms with van der Waals surface area (Å²) in [7, 11) is 0. The van der Waals surface area contributed by atoms with Crippen molar-refractivity contribution in [2.75, 3.05) is 5.32 Å². The van der Waals surface area contributed by atoms with E-state index in [9.17, 15) is 4.79 Å². The number of H-pyrrole nitrogens is 1. The highest BCUT2D eigenvalue weighted by atomic mass is 16.1. The molecular formula is C17H18N4O. The number of amides is 1.